The largest absolute Gasteiger partial charge is 0.507 e. The maximum Gasteiger partial charge on any atom is 0.255 e. The molecule has 3 rings (SSSR count). The van der Waals surface area contributed by atoms with Crippen LogP contribution in [0.15, 0.2) is 58.2 Å². The van der Waals surface area contributed by atoms with Crippen molar-refractivity contribution >= 4 is 43.3 Å². The molecule has 11 heteroatoms. The lowest BCUT2D eigenvalue weighted by molar-refractivity contribution is 0.0947. The molecule has 0 fully saturated rings. The molecule has 30 heavy (non-hydrogen) atoms. The third kappa shape index (κ3) is 5.07. The van der Waals surface area contributed by atoms with Gasteiger partial charge in [0.2, 0.25) is 0 Å². The number of carbonyl (C=O) groups is 1. The van der Waals surface area contributed by atoms with Crippen LogP contribution in [0.3, 0.4) is 0 Å². The second kappa shape index (κ2) is 8.99. The van der Waals surface area contributed by atoms with Crippen molar-refractivity contribution in [3.05, 3.63) is 75.2 Å². The lowest BCUT2D eigenvalue weighted by Crippen LogP contribution is -2.24. The third-order valence-corrected chi connectivity index (χ3v) is 6.43. The van der Waals surface area contributed by atoms with Crippen molar-refractivity contribution in [2.75, 3.05) is 0 Å². The van der Waals surface area contributed by atoms with Crippen molar-refractivity contribution in [1.82, 2.24) is 15.3 Å². The summed E-state index contributed by atoms with van der Waals surface area (Å²) in [6.45, 7) is 0.00513. The van der Waals surface area contributed by atoms with Gasteiger partial charge in [-0.25, -0.2) is 18.4 Å². The quantitative estimate of drug-likeness (QED) is 0.462. The standard InChI is InChI=1S/C19H15BrClN3O5S/c20-12-2-3-15(25)16(7-12)30(28,29)10-11-6-13(21)8-14(18(11)26)19(27)24-9-17-22-4-1-5-23-17/h1-8,25-26H,9-10H2,(H,24,27). The second-order valence-corrected chi connectivity index (χ2v) is 9.49. The summed E-state index contributed by atoms with van der Waals surface area (Å²) in [7, 11) is -4.05. The minimum Gasteiger partial charge on any atom is -0.507 e. The topological polar surface area (TPSA) is 129 Å². The number of sulfone groups is 1. The van der Waals surface area contributed by atoms with Crippen molar-refractivity contribution < 1.29 is 23.4 Å². The Balaban J connectivity index is 1.89. The minimum atomic E-state index is -4.05. The van der Waals surface area contributed by atoms with Crippen LogP contribution in [-0.4, -0.2) is 34.5 Å². The molecule has 0 saturated heterocycles. The Morgan fingerprint density at radius 3 is 2.53 bits per heavy atom. The fourth-order valence-electron chi connectivity index (χ4n) is 2.63. The fraction of sp³-hybridized carbons (Fsp3) is 0.105. The van der Waals surface area contributed by atoms with Gasteiger partial charge < -0.3 is 15.5 Å². The first kappa shape index (κ1) is 22.0. The van der Waals surface area contributed by atoms with E-state index in [0.717, 1.165) is 0 Å². The number of amides is 1. The fourth-order valence-corrected chi connectivity index (χ4v) is 4.87. The van der Waals surface area contributed by atoms with Crippen molar-refractivity contribution in [2.24, 2.45) is 0 Å². The summed E-state index contributed by atoms with van der Waals surface area (Å²) in [6, 6.07) is 8.08. The molecule has 1 aromatic heterocycles. The summed E-state index contributed by atoms with van der Waals surface area (Å²) in [4.78, 5) is 20.1. The van der Waals surface area contributed by atoms with Gasteiger partial charge in [-0.3, -0.25) is 4.79 Å². The van der Waals surface area contributed by atoms with Crippen LogP contribution in [0.4, 0.5) is 0 Å². The zero-order valence-electron chi connectivity index (χ0n) is 15.2. The lowest BCUT2D eigenvalue weighted by Gasteiger charge is -2.12. The van der Waals surface area contributed by atoms with E-state index in [2.05, 4.69) is 31.2 Å². The van der Waals surface area contributed by atoms with E-state index >= 15 is 0 Å². The van der Waals surface area contributed by atoms with E-state index in [-0.39, 0.29) is 27.6 Å². The molecule has 0 unspecified atom stereocenters. The smallest absolute Gasteiger partial charge is 0.255 e. The van der Waals surface area contributed by atoms with Crippen LogP contribution in [0.1, 0.15) is 21.7 Å². The van der Waals surface area contributed by atoms with Gasteiger partial charge in [-0.05, 0) is 36.4 Å². The highest BCUT2D eigenvalue weighted by atomic mass is 79.9. The number of aromatic hydroxyl groups is 2. The Morgan fingerprint density at radius 2 is 1.83 bits per heavy atom. The molecule has 0 saturated carbocycles. The van der Waals surface area contributed by atoms with Gasteiger partial charge in [0.25, 0.3) is 5.91 Å². The van der Waals surface area contributed by atoms with Crippen LogP contribution in [0.25, 0.3) is 0 Å². The molecule has 0 radical (unpaired) electrons. The number of hydrogen-bond donors (Lipinski definition) is 3. The first-order valence-corrected chi connectivity index (χ1v) is 11.3. The average molecular weight is 513 g/mol. The number of nitrogens with zero attached hydrogens (tertiary/aromatic N) is 2. The Bertz CT molecular complexity index is 1210. The predicted octanol–water partition coefficient (Wildman–Crippen LogP) is 3.21. The molecule has 156 valence electrons. The van der Waals surface area contributed by atoms with Crippen LogP contribution in [-0.2, 0) is 22.1 Å². The maximum absolute atomic E-state index is 12.8. The van der Waals surface area contributed by atoms with E-state index in [1.165, 1.54) is 42.7 Å². The molecule has 1 heterocycles. The van der Waals surface area contributed by atoms with Gasteiger partial charge in [0.05, 0.1) is 17.9 Å². The molecule has 0 aliphatic heterocycles. The Labute approximate surface area is 185 Å². The van der Waals surface area contributed by atoms with Gasteiger partial charge >= 0.3 is 0 Å². The van der Waals surface area contributed by atoms with Crippen LogP contribution in [0.5, 0.6) is 11.5 Å². The van der Waals surface area contributed by atoms with Gasteiger partial charge in [-0.1, -0.05) is 27.5 Å². The molecule has 8 nitrogen and oxygen atoms in total. The van der Waals surface area contributed by atoms with E-state index in [9.17, 15) is 23.4 Å². The summed E-state index contributed by atoms with van der Waals surface area (Å²) < 4.78 is 26.0. The van der Waals surface area contributed by atoms with Crippen molar-refractivity contribution in [3.8, 4) is 11.5 Å². The first-order chi connectivity index (χ1) is 14.2. The molecule has 0 atom stereocenters. The number of phenols is 2. The molecule has 2 aromatic carbocycles. The highest BCUT2D eigenvalue weighted by Crippen LogP contribution is 2.33. The SMILES string of the molecule is O=C(NCc1ncccn1)c1cc(Cl)cc(CS(=O)(=O)c2cc(Br)ccc2O)c1O. The molecular weight excluding hydrogens is 498 g/mol. The van der Waals surface area contributed by atoms with E-state index < -0.39 is 33.0 Å². The number of aromatic nitrogens is 2. The Hall–Kier alpha value is -2.69. The van der Waals surface area contributed by atoms with Gasteiger partial charge in [0.1, 0.15) is 22.2 Å². The number of carbonyl (C=O) groups excluding carboxylic acids is 1. The third-order valence-electron chi connectivity index (χ3n) is 4.03. The number of nitrogens with one attached hydrogen (secondary N) is 1. The number of benzene rings is 2. The number of rotatable bonds is 6. The second-order valence-electron chi connectivity index (χ2n) is 6.18. The average Bonchev–Trinajstić information content (AvgIpc) is 2.71. The van der Waals surface area contributed by atoms with E-state index in [1.54, 1.807) is 6.07 Å². The van der Waals surface area contributed by atoms with Crippen molar-refractivity contribution in [2.45, 2.75) is 17.2 Å². The normalized spacial score (nSPS) is 11.3. The molecule has 0 bridgehead atoms. The van der Waals surface area contributed by atoms with Gasteiger partial charge in [0, 0.05) is 27.5 Å². The lowest BCUT2D eigenvalue weighted by atomic mass is 10.1. The van der Waals surface area contributed by atoms with Crippen LogP contribution in [0.2, 0.25) is 5.02 Å². The minimum absolute atomic E-state index is 0.00513. The predicted molar refractivity (Wildman–Crippen MR) is 113 cm³/mol. The monoisotopic (exact) mass is 511 g/mol. The summed E-state index contributed by atoms with van der Waals surface area (Å²) in [5.41, 5.74) is -0.273. The molecule has 1 amide bonds. The van der Waals surface area contributed by atoms with E-state index in [1.807, 2.05) is 0 Å². The molecular formula is C19H15BrClN3O5S. The summed E-state index contributed by atoms with van der Waals surface area (Å²) in [6.07, 6.45) is 3.04. The van der Waals surface area contributed by atoms with Crippen LogP contribution < -0.4 is 5.32 Å². The molecule has 0 aliphatic rings. The summed E-state index contributed by atoms with van der Waals surface area (Å²) in [5.74, 6) is -1.94. The zero-order valence-corrected chi connectivity index (χ0v) is 18.4. The molecule has 0 aliphatic carbocycles. The zero-order chi connectivity index (χ0) is 21.9. The van der Waals surface area contributed by atoms with Crippen LogP contribution in [0, 0.1) is 0 Å². The summed E-state index contributed by atoms with van der Waals surface area (Å²) >= 11 is 9.21. The van der Waals surface area contributed by atoms with Gasteiger partial charge in [-0.2, -0.15) is 0 Å². The highest BCUT2D eigenvalue weighted by molar-refractivity contribution is 9.10. The van der Waals surface area contributed by atoms with Crippen LogP contribution >= 0.6 is 27.5 Å². The summed E-state index contributed by atoms with van der Waals surface area (Å²) in [5, 5.41) is 23.1. The number of hydrogen-bond acceptors (Lipinski definition) is 7. The van der Waals surface area contributed by atoms with Crippen molar-refractivity contribution in [1.29, 1.82) is 0 Å². The van der Waals surface area contributed by atoms with Crippen molar-refractivity contribution in [3.63, 3.8) is 0 Å². The van der Waals surface area contributed by atoms with E-state index in [0.29, 0.717) is 10.3 Å². The molecule has 3 aromatic rings. The number of phenolic OH excluding ortho intramolecular Hbond substituents is 2. The van der Waals surface area contributed by atoms with Gasteiger partial charge in [0.15, 0.2) is 9.84 Å². The molecule has 3 N–H and O–H groups in total. The highest BCUT2D eigenvalue weighted by Gasteiger charge is 2.24. The number of halogens is 2. The van der Waals surface area contributed by atoms with E-state index in [4.69, 9.17) is 11.6 Å². The Morgan fingerprint density at radius 1 is 1.13 bits per heavy atom. The molecule has 0 spiro atoms. The maximum atomic E-state index is 12.8. The first-order valence-electron chi connectivity index (χ1n) is 8.44. The Kier molecular flexibility index (Phi) is 6.59. The van der Waals surface area contributed by atoms with Gasteiger partial charge in [-0.15, -0.1) is 0 Å².